The highest BCUT2D eigenvalue weighted by molar-refractivity contribution is 7.99. The van der Waals surface area contributed by atoms with Gasteiger partial charge in [0.05, 0.1) is 15.2 Å². The van der Waals surface area contributed by atoms with Gasteiger partial charge in [0.25, 0.3) is 0 Å². The Kier molecular flexibility index (Phi) is 5.38. The lowest BCUT2D eigenvalue weighted by atomic mass is 10.2. The van der Waals surface area contributed by atoms with Crippen molar-refractivity contribution in [3.8, 4) is 0 Å². The second kappa shape index (κ2) is 7.51. The first-order valence-corrected chi connectivity index (χ1v) is 9.45. The maximum Gasteiger partial charge on any atom is 0.226 e. The molecular formula is C17H14ClFN2OS2. The minimum Gasteiger partial charge on any atom is -0.302 e. The highest BCUT2D eigenvalue weighted by Crippen LogP contribution is 2.33. The second-order valence-electron chi connectivity index (χ2n) is 5.16. The number of amides is 1. The summed E-state index contributed by atoms with van der Waals surface area (Å²) in [6, 6.07) is 9.98. The number of fused-ring (bicyclic) bond motifs is 1. The van der Waals surface area contributed by atoms with Crippen LogP contribution in [0.25, 0.3) is 10.2 Å². The van der Waals surface area contributed by atoms with Gasteiger partial charge >= 0.3 is 0 Å². The molecule has 0 spiro atoms. The Morgan fingerprint density at radius 1 is 1.29 bits per heavy atom. The van der Waals surface area contributed by atoms with Crippen molar-refractivity contribution in [1.82, 2.24) is 4.98 Å². The maximum atomic E-state index is 12.8. The van der Waals surface area contributed by atoms with Gasteiger partial charge in [-0.05, 0) is 42.8 Å². The first kappa shape index (κ1) is 17.2. The van der Waals surface area contributed by atoms with E-state index in [1.54, 1.807) is 12.1 Å². The van der Waals surface area contributed by atoms with Gasteiger partial charge < -0.3 is 5.32 Å². The molecule has 7 heteroatoms. The Morgan fingerprint density at radius 3 is 2.75 bits per heavy atom. The van der Waals surface area contributed by atoms with Crippen LogP contribution in [0.5, 0.6) is 0 Å². The van der Waals surface area contributed by atoms with Crippen molar-refractivity contribution in [1.29, 1.82) is 0 Å². The lowest BCUT2D eigenvalue weighted by Crippen LogP contribution is -2.11. The second-order valence-corrected chi connectivity index (χ2v) is 7.74. The van der Waals surface area contributed by atoms with Gasteiger partial charge in [0.2, 0.25) is 5.91 Å². The zero-order valence-corrected chi connectivity index (χ0v) is 15.2. The molecule has 0 bridgehead atoms. The van der Waals surface area contributed by atoms with Crippen molar-refractivity contribution in [2.24, 2.45) is 0 Å². The van der Waals surface area contributed by atoms with Crippen molar-refractivity contribution in [2.45, 2.75) is 18.2 Å². The van der Waals surface area contributed by atoms with Gasteiger partial charge in [-0.1, -0.05) is 29.0 Å². The molecule has 3 aromatic rings. The Balaban J connectivity index is 1.58. The fraction of sp³-hybridized carbons (Fsp3) is 0.176. The molecule has 0 fully saturated rings. The van der Waals surface area contributed by atoms with Crippen LogP contribution >= 0.6 is 34.7 Å². The lowest BCUT2D eigenvalue weighted by molar-refractivity contribution is -0.115. The molecule has 1 heterocycles. The lowest BCUT2D eigenvalue weighted by Gasteiger charge is -2.02. The van der Waals surface area contributed by atoms with Gasteiger partial charge in [-0.25, -0.2) is 9.37 Å². The number of halogens is 2. The zero-order valence-electron chi connectivity index (χ0n) is 12.8. The van der Waals surface area contributed by atoms with Crippen molar-refractivity contribution in [3.63, 3.8) is 0 Å². The third-order valence-electron chi connectivity index (χ3n) is 3.36. The number of anilines is 1. The van der Waals surface area contributed by atoms with Gasteiger partial charge in [-0.3, -0.25) is 4.79 Å². The number of aryl methyl sites for hydroxylation is 1. The number of carbonyl (C=O) groups excluding carboxylic acids is 1. The molecule has 1 N–H and O–H groups in total. The van der Waals surface area contributed by atoms with E-state index in [4.69, 9.17) is 11.6 Å². The molecule has 0 aliphatic heterocycles. The van der Waals surface area contributed by atoms with Crippen LogP contribution in [-0.2, 0) is 4.79 Å². The number of hydrogen-bond acceptors (Lipinski definition) is 4. The molecular weight excluding hydrogens is 367 g/mol. The normalized spacial score (nSPS) is 11.0. The summed E-state index contributed by atoms with van der Waals surface area (Å²) >= 11 is 9.06. The number of aromatic nitrogens is 1. The molecule has 0 saturated carbocycles. The number of thiazole rings is 1. The maximum absolute atomic E-state index is 12.8. The molecule has 124 valence electrons. The van der Waals surface area contributed by atoms with Gasteiger partial charge in [0, 0.05) is 17.1 Å². The summed E-state index contributed by atoms with van der Waals surface area (Å²) in [6.45, 7) is 1.96. The SMILES string of the molecule is Cc1ccc(Cl)c2sc(NC(=O)CCSc3ccc(F)cc3)nc12. The minimum absolute atomic E-state index is 0.0996. The van der Waals surface area contributed by atoms with E-state index in [0.29, 0.717) is 22.3 Å². The predicted molar refractivity (Wildman–Crippen MR) is 99.7 cm³/mol. The number of nitrogens with one attached hydrogen (secondary N) is 1. The van der Waals surface area contributed by atoms with E-state index in [-0.39, 0.29) is 11.7 Å². The Labute approximate surface area is 152 Å². The number of benzene rings is 2. The van der Waals surface area contributed by atoms with Crippen LogP contribution in [0.2, 0.25) is 5.02 Å². The van der Waals surface area contributed by atoms with Gasteiger partial charge in [-0.2, -0.15) is 0 Å². The van der Waals surface area contributed by atoms with E-state index in [1.165, 1.54) is 35.2 Å². The molecule has 0 aliphatic carbocycles. The van der Waals surface area contributed by atoms with Crippen molar-refractivity contribution >= 4 is 56.0 Å². The van der Waals surface area contributed by atoms with E-state index in [2.05, 4.69) is 10.3 Å². The molecule has 2 aromatic carbocycles. The Morgan fingerprint density at radius 2 is 2.04 bits per heavy atom. The summed E-state index contributed by atoms with van der Waals surface area (Å²) in [5.41, 5.74) is 1.85. The van der Waals surface area contributed by atoms with Crippen LogP contribution < -0.4 is 5.32 Å². The standard InChI is InChI=1S/C17H14ClFN2OS2/c1-10-2-7-13(18)16-15(10)21-17(24-16)20-14(22)8-9-23-12-5-3-11(19)4-6-12/h2-7H,8-9H2,1H3,(H,20,21,22). The van der Waals surface area contributed by atoms with E-state index < -0.39 is 0 Å². The summed E-state index contributed by atoms with van der Waals surface area (Å²) in [7, 11) is 0. The monoisotopic (exact) mass is 380 g/mol. The van der Waals surface area contributed by atoms with Crippen LogP contribution in [0.15, 0.2) is 41.3 Å². The molecule has 0 aliphatic rings. The molecule has 3 rings (SSSR count). The van der Waals surface area contributed by atoms with Crippen molar-refractivity contribution in [3.05, 3.63) is 52.8 Å². The predicted octanol–water partition coefficient (Wildman–Crippen LogP) is 5.52. The average Bonchev–Trinajstić information content (AvgIpc) is 2.98. The molecule has 1 amide bonds. The molecule has 0 radical (unpaired) electrons. The van der Waals surface area contributed by atoms with Gasteiger partial charge in [0.1, 0.15) is 5.82 Å². The van der Waals surface area contributed by atoms with E-state index >= 15 is 0 Å². The quantitative estimate of drug-likeness (QED) is 0.592. The van der Waals surface area contributed by atoms with Gasteiger partial charge in [-0.15, -0.1) is 11.8 Å². The third-order valence-corrected chi connectivity index (χ3v) is 5.80. The molecule has 0 atom stereocenters. The van der Waals surface area contributed by atoms with Crippen LogP contribution in [-0.4, -0.2) is 16.6 Å². The van der Waals surface area contributed by atoms with Crippen LogP contribution in [0.4, 0.5) is 9.52 Å². The number of carbonyl (C=O) groups is 1. The molecule has 3 nitrogen and oxygen atoms in total. The minimum atomic E-state index is -0.262. The average molecular weight is 381 g/mol. The summed E-state index contributed by atoms with van der Waals surface area (Å²) in [6.07, 6.45) is 0.352. The Bertz CT molecular complexity index is 841. The number of rotatable bonds is 5. The zero-order chi connectivity index (χ0) is 17.1. The summed E-state index contributed by atoms with van der Waals surface area (Å²) in [5, 5.41) is 4.01. The van der Waals surface area contributed by atoms with Crippen LogP contribution in [0, 0.1) is 12.7 Å². The Hall–Kier alpha value is -1.63. The van der Waals surface area contributed by atoms with Crippen LogP contribution in [0.3, 0.4) is 0 Å². The number of thioether (sulfide) groups is 1. The summed E-state index contributed by atoms with van der Waals surface area (Å²) < 4.78 is 13.7. The van der Waals surface area contributed by atoms with E-state index in [9.17, 15) is 9.18 Å². The molecule has 0 saturated heterocycles. The van der Waals surface area contributed by atoms with Crippen LogP contribution in [0.1, 0.15) is 12.0 Å². The summed E-state index contributed by atoms with van der Waals surface area (Å²) in [5.74, 6) is 0.252. The highest BCUT2D eigenvalue weighted by Gasteiger charge is 2.11. The van der Waals surface area contributed by atoms with Crippen molar-refractivity contribution < 1.29 is 9.18 Å². The fourth-order valence-electron chi connectivity index (χ4n) is 2.13. The number of hydrogen-bond donors (Lipinski definition) is 1. The van der Waals surface area contributed by atoms with Crippen molar-refractivity contribution in [2.75, 3.05) is 11.1 Å². The summed E-state index contributed by atoms with van der Waals surface area (Å²) in [4.78, 5) is 17.4. The van der Waals surface area contributed by atoms with E-state index in [0.717, 1.165) is 20.7 Å². The largest absolute Gasteiger partial charge is 0.302 e. The molecule has 24 heavy (non-hydrogen) atoms. The first-order valence-electron chi connectivity index (χ1n) is 7.27. The third kappa shape index (κ3) is 4.06. The smallest absolute Gasteiger partial charge is 0.226 e. The molecule has 1 aromatic heterocycles. The molecule has 0 unspecified atom stereocenters. The highest BCUT2D eigenvalue weighted by atomic mass is 35.5. The van der Waals surface area contributed by atoms with Gasteiger partial charge in [0.15, 0.2) is 5.13 Å². The fourth-order valence-corrected chi connectivity index (χ4v) is 4.21. The first-order chi connectivity index (χ1) is 11.5. The number of nitrogens with zero attached hydrogens (tertiary/aromatic N) is 1. The van der Waals surface area contributed by atoms with E-state index in [1.807, 2.05) is 19.1 Å². The topological polar surface area (TPSA) is 42.0 Å².